The monoisotopic (exact) mass is 258 g/mol. The molecule has 1 saturated carbocycles. The standard InChI is InChI=1S/C16H22N2O/c1-2-16(8-5-9-16)18-15(19)10-12-11-17-14-7-4-3-6-13(12)14/h3-4,6-7,12,17H,2,5,8-11H2,1H3,(H,18,19). The first-order valence-corrected chi connectivity index (χ1v) is 7.36. The lowest BCUT2D eigenvalue weighted by Crippen LogP contribution is -2.53. The molecule has 0 radical (unpaired) electrons. The molecule has 1 aromatic rings. The van der Waals surface area contributed by atoms with Gasteiger partial charge in [0.15, 0.2) is 0 Å². The smallest absolute Gasteiger partial charge is 0.221 e. The van der Waals surface area contributed by atoms with E-state index in [1.807, 2.05) is 6.07 Å². The minimum atomic E-state index is 0.114. The Balaban J connectivity index is 1.62. The molecule has 1 aromatic carbocycles. The molecule has 3 rings (SSSR count). The first kappa shape index (κ1) is 12.5. The van der Waals surface area contributed by atoms with Crippen LogP contribution in [0.2, 0.25) is 0 Å². The van der Waals surface area contributed by atoms with E-state index in [1.54, 1.807) is 0 Å². The van der Waals surface area contributed by atoms with E-state index in [1.165, 1.54) is 17.7 Å². The van der Waals surface area contributed by atoms with Crippen LogP contribution in [0, 0.1) is 0 Å². The summed E-state index contributed by atoms with van der Waals surface area (Å²) < 4.78 is 0. The van der Waals surface area contributed by atoms with Gasteiger partial charge < -0.3 is 10.6 Å². The fourth-order valence-electron chi connectivity index (χ4n) is 3.28. The summed E-state index contributed by atoms with van der Waals surface area (Å²) in [6, 6.07) is 8.31. The Kier molecular flexibility index (Phi) is 3.21. The van der Waals surface area contributed by atoms with E-state index in [9.17, 15) is 4.79 Å². The van der Waals surface area contributed by atoms with Crippen LogP contribution >= 0.6 is 0 Å². The van der Waals surface area contributed by atoms with Gasteiger partial charge in [-0.1, -0.05) is 25.1 Å². The number of anilines is 1. The molecule has 19 heavy (non-hydrogen) atoms. The third kappa shape index (κ3) is 2.34. The molecule has 1 unspecified atom stereocenters. The van der Waals surface area contributed by atoms with Crippen molar-refractivity contribution in [3.63, 3.8) is 0 Å². The number of benzene rings is 1. The van der Waals surface area contributed by atoms with Gasteiger partial charge in [0, 0.05) is 30.1 Å². The van der Waals surface area contributed by atoms with E-state index in [0.29, 0.717) is 12.3 Å². The van der Waals surface area contributed by atoms with Gasteiger partial charge >= 0.3 is 0 Å². The highest BCUT2D eigenvalue weighted by molar-refractivity contribution is 5.79. The van der Waals surface area contributed by atoms with Gasteiger partial charge in [0.1, 0.15) is 0 Å². The number of fused-ring (bicyclic) bond motifs is 1. The quantitative estimate of drug-likeness (QED) is 0.871. The molecule has 0 spiro atoms. The normalized spacial score (nSPS) is 23.1. The minimum Gasteiger partial charge on any atom is -0.384 e. The number of amides is 1. The summed E-state index contributed by atoms with van der Waals surface area (Å²) in [7, 11) is 0. The Morgan fingerprint density at radius 3 is 2.89 bits per heavy atom. The van der Waals surface area contributed by atoms with Gasteiger partial charge in [0.25, 0.3) is 0 Å². The topological polar surface area (TPSA) is 41.1 Å². The molecular weight excluding hydrogens is 236 g/mol. The van der Waals surface area contributed by atoms with Crippen molar-refractivity contribution in [2.24, 2.45) is 0 Å². The molecule has 1 fully saturated rings. The highest BCUT2D eigenvalue weighted by Crippen LogP contribution is 2.36. The molecule has 1 heterocycles. The molecule has 1 amide bonds. The third-order valence-electron chi connectivity index (χ3n) is 4.76. The van der Waals surface area contributed by atoms with Crippen LogP contribution in [0.4, 0.5) is 5.69 Å². The Bertz CT molecular complexity index is 474. The molecule has 1 aliphatic heterocycles. The summed E-state index contributed by atoms with van der Waals surface area (Å²) in [6.07, 6.45) is 5.20. The summed E-state index contributed by atoms with van der Waals surface area (Å²) in [6.45, 7) is 3.05. The summed E-state index contributed by atoms with van der Waals surface area (Å²) >= 11 is 0. The number of rotatable bonds is 4. The van der Waals surface area contributed by atoms with Crippen molar-refractivity contribution in [2.75, 3.05) is 11.9 Å². The van der Waals surface area contributed by atoms with Gasteiger partial charge in [0.05, 0.1) is 0 Å². The van der Waals surface area contributed by atoms with E-state index in [2.05, 4.69) is 35.8 Å². The Morgan fingerprint density at radius 2 is 2.21 bits per heavy atom. The zero-order valence-electron chi connectivity index (χ0n) is 11.5. The van der Waals surface area contributed by atoms with Crippen molar-refractivity contribution < 1.29 is 4.79 Å². The molecule has 102 valence electrons. The lowest BCUT2D eigenvalue weighted by Gasteiger charge is -2.42. The predicted molar refractivity (Wildman–Crippen MR) is 77.3 cm³/mol. The van der Waals surface area contributed by atoms with E-state index < -0.39 is 0 Å². The van der Waals surface area contributed by atoms with Crippen LogP contribution in [0.15, 0.2) is 24.3 Å². The lowest BCUT2D eigenvalue weighted by atomic mass is 9.74. The molecule has 0 bridgehead atoms. The fraction of sp³-hybridized carbons (Fsp3) is 0.562. The Labute approximate surface area is 114 Å². The molecule has 3 heteroatoms. The second-order valence-electron chi connectivity index (χ2n) is 5.90. The summed E-state index contributed by atoms with van der Waals surface area (Å²) in [4.78, 5) is 12.2. The first-order chi connectivity index (χ1) is 9.22. The van der Waals surface area contributed by atoms with Gasteiger partial charge in [-0.3, -0.25) is 4.79 Å². The maximum Gasteiger partial charge on any atom is 0.221 e. The summed E-state index contributed by atoms with van der Waals surface area (Å²) in [5, 5.41) is 6.65. The maximum absolute atomic E-state index is 12.2. The van der Waals surface area contributed by atoms with Gasteiger partial charge in [-0.15, -0.1) is 0 Å². The molecule has 0 aromatic heterocycles. The largest absolute Gasteiger partial charge is 0.384 e. The van der Waals surface area contributed by atoms with Gasteiger partial charge in [-0.25, -0.2) is 0 Å². The zero-order valence-corrected chi connectivity index (χ0v) is 11.5. The molecule has 1 aliphatic carbocycles. The summed E-state index contributed by atoms with van der Waals surface area (Å²) in [5.74, 6) is 0.537. The number of para-hydroxylation sites is 1. The Hall–Kier alpha value is -1.51. The number of hydrogen-bond acceptors (Lipinski definition) is 2. The van der Waals surface area contributed by atoms with Gasteiger partial charge in [-0.2, -0.15) is 0 Å². The average molecular weight is 258 g/mol. The van der Waals surface area contributed by atoms with Crippen LogP contribution in [0.3, 0.4) is 0 Å². The van der Waals surface area contributed by atoms with Gasteiger partial charge in [-0.05, 0) is 37.3 Å². The number of carbonyl (C=O) groups excluding carboxylic acids is 1. The predicted octanol–water partition coefficient (Wildman–Crippen LogP) is 3.03. The van der Waals surface area contributed by atoms with Crippen LogP contribution in [0.25, 0.3) is 0 Å². The molecule has 1 atom stereocenters. The van der Waals surface area contributed by atoms with Crippen molar-refractivity contribution in [2.45, 2.75) is 50.5 Å². The van der Waals surface area contributed by atoms with Crippen LogP contribution in [-0.4, -0.2) is 18.0 Å². The van der Waals surface area contributed by atoms with Crippen LogP contribution in [0.5, 0.6) is 0 Å². The van der Waals surface area contributed by atoms with Gasteiger partial charge in [0.2, 0.25) is 5.91 Å². The highest BCUT2D eigenvalue weighted by Gasteiger charge is 2.37. The van der Waals surface area contributed by atoms with E-state index in [-0.39, 0.29) is 11.4 Å². The third-order valence-corrected chi connectivity index (χ3v) is 4.76. The lowest BCUT2D eigenvalue weighted by molar-refractivity contribution is -0.124. The second kappa shape index (κ2) is 4.87. The van der Waals surface area contributed by atoms with E-state index in [4.69, 9.17) is 0 Å². The second-order valence-corrected chi connectivity index (χ2v) is 5.90. The van der Waals surface area contributed by atoms with Crippen molar-refractivity contribution >= 4 is 11.6 Å². The number of hydrogen-bond donors (Lipinski definition) is 2. The molecule has 3 nitrogen and oxygen atoms in total. The molecular formula is C16H22N2O. The first-order valence-electron chi connectivity index (χ1n) is 7.36. The molecule has 0 saturated heterocycles. The van der Waals surface area contributed by atoms with E-state index in [0.717, 1.165) is 25.8 Å². The van der Waals surface area contributed by atoms with Crippen LogP contribution in [0.1, 0.15) is 50.5 Å². The Morgan fingerprint density at radius 1 is 1.42 bits per heavy atom. The molecule has 2 aliphatic rings. The van der Waals surface area contributed by atoms with Crippen molar-refractivity contribution in [1.29, 1.82) is 0 Å². The van der Waals surface area contributed by atoms with Crippen molar-refractivity contribution in [1.82, 2.24) is 5.32 Å². The van der Waals surface area contributed by atoms with Crippen molar-refractivity contribution in [3.8, 4) is 0 Å². The molecule has 2 N–H and O–H groups in total. The van der Waals surface area contributed by atoms with Crippen molar-refractivity contribution in [3.05, 3.63) is 29.8 Å². The van der Waals surface area contributed by atoms with Crippen LogP contribution < -0.4 is 10.6 Å². The number of nitrogens with one attached hydrogen (secondary N) is 2. The van der Waals surface area contributed by atoms with E-state index >= 15 is 0 Å². The number of carbonyl (C=O) groups is 1. The average Bonchev–Trinajstić information content (AvgIpc) is 2.78. The maximum atomic E-state index is 12.2. The minimum absolute atomic E-state index is 0.114. The highest BCUT2D eigenvalue weighted by atomic mass is 16.1. The fourth-order valence-corrected chi connectivity index (χ4v) is 3.28. The van der Waals surface area contributed by atoms with Crippen LogP contribution in [-0.2, 0) is 4.79 Å². The SMILES string of the molecule is CCC1(NC(=O)CC2CNc3ccccc32)CCC1. The zero-order chi connectivity index (χ0) is 13.3. The summed E-state index contributed by atoms with van der Waals surface area (Å²) in [5.41, 5.74) is 2.59.